The van der Waals surface area contributed by atoms with Crippen LogP contribution in [0.1, 0.15) is 18.1 Å². The van der Waals surface area contributed by atoms with Gasteiger partial charge in [-0.05, 0) is 6.07 Å². The molecule has 0 aliphatic rings. The average Bonchev–Trinajstić information content (AvgIpc) is 2.27. The summed E-state index contributed by atoms with van der Waals surface area (Å²) in [4.78, 5) is -0.0375. The van der Waals surface area contributed by atoms with Crippen LogP contribution in [0.25, 0.3) is 0 Å². The second-order valence-corrected chi connectivity index (χ2v) is 5.67. The molecule has 0 saturated carbocycles. The number of aliphatic hydroxyl groups is 2. The lowest BCUT2D eigenvalue weighted by molar-refractivity contribution is 0.0200. The summed E-state index contributed by atoms with van der Waals surface area (Å²) in [5.41, 5.74) is 0.109. The fourth-order valence-corrected chi connectivity index (χ4v) is 2.42. The van der Waals surface area contributed by atoms with Gasteiger partial charge in [0.2, 0.25) is 0 Å². The fraction of sp³-hybridized carbons (Fsp3) is 0.364. The van der Waals surface area contributed by atoms with Gasteiger partial charge in [-0.15, -0.1) is 0 Å². The maximum absolute atomic E-state index is 11.5. The van der Waals surface area contributed by atoms with Crippen LogP contribution in [0.2, 0.25) is 0 Å². The molecule has 2 N–H and O–H groups in total. The molecule has 5 nitrogen and oxygen atoms in total. The van der Waals surface area contributed by atoms with Gasteiger partial charge >= 0.3 is 0 Å². The van der Waals surface area contributed by atoms with Gasteiger partial charge in [0, 0.05) is 11.8 Å². The van der Waals surface area contributed by atoms with Crippen LogP contribution in [0, 0.1) is 11.3 Å². The van der Waals surface area contributed by atoms with Crippen LogP contribution in [0.3, 0.4) is 0 Å². The summed E-state index contributed by atoms with van der Waals surface area (Å²) in [5.74, 6) is 0. The van der Waals surface area contributed by atoms with E-state index in [9.17, 15) is 18.6 Å². The molecular formula is C11H13NO4S. The third kappa shape index (κ3) is 3.27. The van der Waals surface area contributed by atoms with Crippen molar-refractivity contribution in [3.8, 4) is 6.07 Å². The number of rotatable bonds is 4. The van der Waals surface area contributed by atoms with Crippen molar-refractivity contribution < 1.29 is 18.6 Å². The highest BCUT2D eigenvalue weighted by Crippen LogP contribution is 2.25. The van der Waals surface area contributed by atoms with Crippen LogP contribution in [-0.4, -0.2) is 31.0 Å². The van der Waals surface area contributed by atoms with Crippen LogP contribution in [0.5, 0.6) is 0 Å². The molecular weight excluding hydrogens is 242 g/mol. The van der Waals surface area contributed by atoms with Crippen molar-refractivity contribution in [2.45, 2.75) is 23.5 Å². The molecule has 0 bridgehead atoms. The summed E-state index contributed by atoms with van der Waals surface area (Å²) in [7, 11) is -3.48. The molecule has 0 amide bonds. The summed E-state index contributed by atoms with van der Waals surface area (Å²) in [6, 6.07) is 7.58. The van der Waals surface area contributed by atoms with Crippen LogP contribution in [0.15, 0.2) is 29.2 Å². The van der Waals surface area contributed by atoms with Crippen LogP contribution < -0.4 is 0 Å². The quantitative estimate of drug-likeness (QED) is 0.811. The number of hydrogen-bond donors (Lipinski definition) is 2. The average molecular weight is 255 g/mol. The molecule has 2 unspecified atom stereocenters. The lowest BCUT2D eigenvalue weighted by Crippen LogP contribution is -2.19. The van der Waals surface area contributed by atoms with E-state index in [1.165, 1.54) is 18.2 Å². The topological polar surface area (TPSA) is 98.4 Å². The summed E-state index contributed by atoms with van der Waals surface area (Å²) in [5, 5.41) is 27.7. The highest BCUT2D eigenvalue weighted by atomic mass is 32.2. The van der Waals surface area contributed by atoms with Gasteiger partial charge in [-0.1, -0.05) is 18.2 Å². The van der Waals surface area contributed by atoms with E-state index >= 15 is 0 Å². The third-order valence-corrected chi connectivity index (χ3v) is 3.47. The number of nitrogens with zero attached hydrogens (tertiary/aromatic N) is 1. The van der Waals surface area contributed by atoms with Gasteiger partial charge in [0.25, 0.3) is 0 Å². The molecule has 0 heterocycles. The zero-order valence-corrected chi connectivity index (χ0v) is 10.1. The van der Waals surface area contributed by atoms with Gasteiger partial charge < -0.3 is 10.2 Å². The second-order valence-electron chi connectivity index (χ2n) is 3.68. The summed E-state index contributed by atoms with van der Waals surface area (Å²) in [6.45, 7) is 0. The van der Waals surface area contributed by atoms with Crippen molar-refractivity contribution >= 4 is 9.84 Å². The van der Waals surface area contributed by atoms with E-state index in [4.69, 9.17) is 5.26 Å². The lowest BCUT2D eigenvalue weighted by Gasteiger charge is -2.18. The predicted octanol–water partition coefficient (Wildman–Crippen LogP) is 0.398. The molecule has 1 rings (SSSR count). The Kier molecular flexibility index (Phi) is 4.23. The Labute approximate surface area is 99.9 Å². The minimum atomic E-state index is -3.48. The molecule has 1 aromatic carbocycles. The standard InChI is InChI=1S/C11H13NO4S/c1-17(15,16)10-5-3-2-4-8(10)11(14)9(13)6-7-12/h2-5,9,11,13-14H,6H2,1H3. The Bertz CT molecular complexity index is 533. The van der Waals surface area contributed by atoms with Crippen molar-refractivity contribution in [3.05, 3.63) is 29.8 Å². The van der Waals surface area contributed by atoms with Crippen molar-refractivity contribution in [2.24, 2.45) is 0 Å². The van der Waals surface area contributed by atoms with Gasteiger partial charge in [0.05, 0.1) is 23.5 Å². The molecule has 0 aromatic heterocycles. The highest BCUT2D eigenvalue weighted by Gasteiger charge is 2.24. The minimum Gasteiger partial charge on any atom is -0.389 e. The van der Waals surface area contributed by atoms with E-state index in [0.29, 0.717) is 0 Å². The Hall–Kier alpha value is -1.42. The predicted molar refractivity (Wildman–Crippen MR) is 60.7 cm³/mol. The van der Waals surface area contributed by atoms with E-state index in [1.54, 1.807) is 12.1 Å². The molecule has 92 valence electrons. The number of hydrogen-bond acceptors (Lipinski definition) is 5. The van der Waals surface area contributed by atoms with Gasteiger partial charge in [0.1, 0.15) is 6.10 Å². The minimum absolute atomic E-state index is 0.0375. The lowest BCUT2D eigenvalue weighted by atomic mass is 10.0. The normalized spacial score (nSPS) is 14.9. The molecule has 0 aliphatic heterocycles. The zero-order valence-electron chi connectivity index (χ0n) is 9.24. The van der Waals surface area contributed by atoms with E-state index in [0.717, 1.165) is 6.26 Å². The monoisotopic (exact) mass is 255 g/mol. The molecule has 0 fully saturated rings. The molecule has 6 heteroatoms. The van der Waals surface area contributed by atoms with Crippen molar-refractivity contribution in [1.29, 1.82) is 5.26 Å². The van der Waals surface area contributed by atoms with Crippen LogP contribution in [0.4, 0.5) is 0 Å². The molecule has 0 radical (unpaired) electrons. The first-order chi connectivity index (χ1) is 7.88. The number of benzene rings is 1. The van der Waals surface area contributed by atoms with Crippen LogP contribution >= 0.6 is 0 Å². The molecule has 2 atom stereocenters. The molecule has 0 aliphatic carbocycles. The number of nitriles is 1. The molecule has 0 spiro atoms. The van der Waals surface area contributed by atoms with E-state index in [2.05, 4.69) is 0 Å². The van der Waals surface area contributed by atoms with Gasteiger partial charge in [0.15, 0.2) is 9.84 Å². The summed E-state index contributed by atoms with van der Waals surface area (Å²) in [6.07, 6.45) is -1.93. The first kappa shape index (κ1) is 13.6. The smallest absolute Gasteiger partial charge is 0.175 e. The van der Waals surface area contributed by atoms with Gasteiger partial charge in [-0.25, -0.2) is 8.42 Å². The Morgan fingerprint density at radius 2 is 1.94 bits per heavy atom. The maximum Gasteiger partial charge on any atom is 0.175 e. The summed E-state index contributed by atoms with van der Waals surface area (Å²) >= 11 is 0. The molecule has 17 heavy (non-hydrogen) atoms. The van der Waals surface area contributed by atoms with Crippen molar-refractivity contribution in [2.75, 3.05) is 6.26 Å². The van der Waals surface area contributed by atoms with Gasteiger partial charge in [-0.3, -0.25) is 0 Å². The Morgan fingerprint density at radius 3 is 2.47 bits per heavy atom. The summed E-state index contributed by atoms with van der Waals surface area (Å²) < 4.78 is 23.0. The van der Waals surface area contributed by atoms with Crippen molar-refractivity contribution in [3.63, 3.8) is 0 Å². The maximum atomic E-state index is 11.5. The molecule has 0 saturated heterocycles. The van der Waals surface area contributed by atoms with E-state index < -0.39 is 22.0 Å². The van der Waals surface area contributed by atoms with E-state index in [1.807, 2.05) is 0 Å². The van der Waals surface area contributed by atoms with Crippen LogP contribution in [-0.2, 0) is 9.84 Å². The number of sulfone groups is 1. The first-order valence-corrected chi connectivity index (χ1v) is 6.79. The van der Waals surface area contributed by atoms with Crippen molar-refractivity contribution in [1.82, 2.24) is 0 Å². The number of aliphatic hydroxyl groups excluding tert-OH is 2. The Balaban J connectivity index is 3.19. The fourth-order valence-electron chi connectivity index (χ4n) is 1.47. The largest absolute Gasteiger partial charge is 0.389 e. The SMILES string of the molecule is CS(=O)(=O)c1ccccc1C(O)C(O)CC#N. The molecule has 1 aromatic rings. The zero-order chi connectivity index (χ0) is 13.1. The van der Waals surface area contributed by atoms with E-state index in [-0.39, 0.29) is 16.9 Å². The first-order valence-electron chi connectivity index (χ1n) is 4.90. The third-order valence-electron chi connectivity index (χ3n) is 2.30. The second kappa shape index (κ2) is 5.27. The Morgan fingerprint density at radius 1 is 1.35 bits per heavy atom. The highest BCUT2D eigenvalue weighted by molar-refractivity contribution is 7.90. The van der Waals surface area contributed by atoms with Gasteiger partial charge in [-0.2, -0.15) is 5.26 Å².